The van der Waals surface area contributed by atoms with Gasteiger partial charge < -0.3 is 40.3 Å². The Morgan fingerprint density at radius 3 is 1.77 bits per heavy atom. The van der Waals surface area contributed by atoms with Crippen LogP contribution >= 0.6 is 0 Å². The number of rotatable bonds is 28. The van der Waals surface area contributed by atoms with Crippen LogP contribution < -0.4 is 5.32 Å². The van der Waals surface area contributed by atoms with Crippen molar-refractivity contribution in [1.82, 2.24) is 5.32 Å². The van der Waals surface area contributed by atoms with E-state index in [0.29, 0.717) is 6.42 Å². The average molecular weight is 630 g/mol. The second kappa shape index (κ2) is 27.1. The molecule has 1 aliphatic heterocycles. The van der Waals surface area contributed by atoms with Gasteiger partial charge in [0.1, 0.15) is 24.4 Å². The Morgan fingerprint density at radius 2 is 1.25 bits per heavy atom. The fraction of sp³-hybridized carbons (Fsp3) is 0.914. The van der Waals surface area contributed by atoms with Gasteiger partial charge in [0.25, 0.3) is 0 Å². The Balaban J connectivity index is 2.30. The van der Waals surface area contributed by atoms with E-state index in [0.717, 1.165) is 38.5 Å². The Hall–Kier alpha value is -1.07. The lowest BCUT2D eigenvalue weighted by Gasteiger charge is -2.40. The molecule has 1 fully saturated rings. The molecule has 0 saturated carbocycles. The van der Waals surface area contributed by atoms with Gasteiger partial charge >= 0.3 is 0 Å². The summed E-state index contributed by atoms with van der Waals surface area (Å²) in [6.45, 7) is 3.57. The second-order valence-electron chi connectivity index (χ2n) is 12.7. The van der Waals surface area contributed by atoms with E-state index in [-0.39, 0.29) is 12.5 Å². The monoisotopic (exact) mass is 629 g/mol. The summed E-state index contributed by atoms with van der Waals surface area (Å²) in [5.74, 6) is -0.203. The number of amides is 1. The molecule has 6 N–H and O–H groups in total. The number of aliphatic hydroxyl groups is 5. The first-order chi connectivity index (χ1) is 21.3. The number of allylic oxidation sites excluding steroid dienone is 1. The highest BCUT2D eigenvalue weighted by Gasteiger charge is 2.44. The van der Waals surface area contributed by atoms with E-state index in [1.165, 1.54) is 89.9 Å². The van der Waals surface area contributed by atoms with E-state index in [9.17, 15) is 30.3 Å². The van der Waals surface area contributed by atoms with Gasteiger partial charge in [-0.2, -0.15) is 0 Å². The Bertz CT molecular complexity index is 706. The van der Waals surface area contributed by atoms with Crippen LogP contribution in [0.4, 0.5) is 0 Å². The fourth-order valence-corrected chi connectivity index (χ4v) is 5.62. The summed E-state index contributed by atoms with van der Waals surface area (Å²) in [5.41, 5.74) is 0. The molecule has 44 heavy (non-hydrogen) atoms. The van der Waals surface area contributed by atoms with E-state index in [2.05, 4.69) is 19.2 Å². The summed E-state index contributed by atoms with van der Waals surface area (Å²) in [7, 11) is 0. The zero-order valence-electron chi connectivity index (χ0n) is 27.9. The van der Waals surface area contributed by atoms with Crippen molar-refractivity contribution in [1.29, 1.82) is 0 Å². The predicted octanol–water partition coefficient (Wildman–Crippen LogP) is 5.44. The maximum atomic E-state index is 12.5. The molecular weight excluding hydrogens is 562 g/mol. The van der Waals surface area contributed by atoms with Gasteiger partial charge in [0.05, 0.1) is 25.4 Å². The van der Waals surface area contributed by atoms with Crippen LogP contribution in [0.25, 0.3) is 0 Å². The molecule has 1 saturated heterocycles. The van der Waals surface area contributed by atoms with Crippen molar-refractivity contribution in [3.8, 4) is 0 Å². The molecule has 1 amide bonds. The maximum absolute atomic E-state index is 12.5. The molecule has 9 heteroatoms. The first-order valence-electron chi connectivity index (χ1n) is 17.9. The first kappa shape index (κ1) is 41.0. The third-order valence-electron chi connectivity index (χ3n) is 8.61. The molecule has 0 radical (unpaired) electrons. The van der Waals surface area contributed by atoms with E-state index in [1.807, 2.05) is 6.08 Å². The Kier molecular flexibility index (Phi) is 25.2. The molecule has 0 bridgehead atoms. The van der Waals surface area contributed by atoms with E-state index >= 15 is 0 Å². The number of hydrogen-bond donors (Lipinski definition) is 6. The molecule has 1 rings (SSSR count). The molecule has 260 valence electrons. The van der Waals surface area contributed by atoms with Gasteiger partial charge in [-0.15, -0.1) is 0 Å². The van der Waals surface area contributed by atoms with Gasteiger partial charge in [-0.05, 0) is 19.3 Å². The molecule has 0 spiro atoms. The molecule has 7 unspecified atom stereocenters. The number of unbranched alkanes of at least 4 members (excludes halogenated alkanes) is 18. The quantitative estimate of drug-likeness (QED) is 0.0495. The van der Waals surface area contributed by atoms with Crippen LogP contribution in [0.1, 0.15) is 149 Å². The highest BCUT2D eigenvalue weighted by Crippen LogP contribution is 2.22. The van der Waals surface area contributed by atoms with Crippen molar-refractivity contribution in [2.75, 3.05) is 13.2 Å². The predicted molar refractivity (Wildman–Crippen MR) is 175 cm³/mol. The minimum atomic E-state index is -1.56. The summed E-state index contributed by atoms with van der Waals surface area (Å²) in [5, 5.41) is 53.3. The minimum absolute atomic E-state index is 0.188. The zero-order chi connectivity index (χ0) is 32.4. The fourth-order valence-electron chi connectivity index (χ4n) is 5.62. The van der Waals surface area contributed by atoms with Crippen LogP contribution in [0.5, 0.6) is 0 Å². The summed E-state index contributed by atoms with van der Waals surface area (Å²) in [6.07, 6.45) is 20.5. The summed E-state index contributed by atoms with van der Waals surface area (Å²) >= 11 is 0. The molecule has 1 heterocycles. The van der Waals surface area contributed by atoms with Crippen molar-refractivity contribution in [3.63, 3.8) is 0 Å². The van der Waals surface area contributed by atoms with Crippen LogP contribution in [-0.4, -0.2) is 87.5 Å². The molecule has 0 aliphatic carbocycles. The summed E-state index contributed by atoms with van der Waals surface area (Å²) in [6, 6.07) is -0.793. The van der Waals surface area contributed by atoms with E-state index in [1.54, 1.807) is 6.08 Å². The maximum Gasteiger partial charge on any atom is 0.220 e. The lowest BCUT2D eigenvalue weighted by molar-refractivity contribution is -0.302. The van der Waals surface area contributed by atoms with Crippen LogP contribution in [0, 0.1) is 0 Å². The van der Waals surface area contributed by atoms with Crippen LogP contribution in [-0.2, 0) is 14.3 Å². The zero-order valence-corrected chi connectivity index (χ0v) is 27.9. The normalized spacial score (nSPS) is 23.7. The topological polar surface area (TPSA) is 149 Å². The molecular formula is C35H67NO8. The van der Waals surface area contributed by atoms with Gasteiger partial charge in [-0.25, -0.2) is 0 Å². The highest BCUT2D eigenvalue weighted by molar-refractivity contribution is 5.76. The van der Waals surface area contributed by atoms with Crippen molar-refractivity contribution in [2.45, 2.75) is 192 Å². The number of aliphatic hydroxyl groups excluding tert-OH is 5. The minimum Gasteiger partial charge on any atom is -0.394 e. The molecule has 0 aromatic heterocycles. The van der Waals surface area contributed by atoms with Crippen LogP contribution in [0.3, 0.4) is 0 Å². The highest BCUT2D eigenvalue weighted by atomic mass is 16.7. The van der Waals surface area contributed by atoms with Crippen LogP contribution in [0.15, 0.2) is 12.2 Å². The van der Waals surface area contributed by atoms with Crippen molar-refractivity contribution in [2.24, 2.45) is 0 Å². The third kappa shape index (κ3) is 18.8. The van der Waals surface area contributed by atoms with Crippen molar-refractivity contribution >= 4 is 5.91 Å². The molecule has 0 aromatic rings. The van der Waals surface area contributed by atoms with Crippen molar-refractivity contribution < 1.29 is 39.8 Å². The van der Waals surface area contributed by atoms with Crippen LogP contribution in [0.2, 0.25) is 0 Å². The van der Waals surface area contributed by atoms with E-state index in [4.69, 9.17) is 9.47 Å². The van der Waals surface area contributed by atoms with Gasteiger partial charge in [0, 0.05) is 6.42 Å². The summed E-state index contributed by atoms with van der Waals surface area (Å²) < 4.78 is 11.0. The molecule has 9 nitrogen and oxygen atoms in total. The van der Waals surface area contributed by atoms with E-state index < -0.39 is 49.5 Å². The van der Waals surface area contributed by atoms with Gasteiger partial charge in [0.2, 0.25) is 5.91 Å². The van der Waals surface area contributed by atoms with Gasteiger partial charge in [-0.3, -0.25) is 4.79 Å². The Labute approximate surface area is 267 Å². The molecule has 1 aliphatic rings. The lowest BCUT2D eigenvalue weighted by atomic mass is 9.99. The third-order valence-corrected chi connectivity index (χ3v) is 8.61. The molecule has 7 atom stereocenters. The molecule has 0 aromatic carbocycles. The number of hydrogen-bond acceptors (Lipinski definition) is 8. The first-order valence-corrected chi connectivity index (χ1v) is 17.9. The van der Waals surface area contributed by atoms with Gasteiger partial charge in [0.15, 0.2) is 6.29 Å². The van der Waals surface area contributed by atoms with Crippen molar-refractivity contribution in [3.05, 3.63) is 12.2 Å². The number of nitrogens with one attached hydrogen (secondary N) is 1. The second-order valence-corrected chi connectivity index (χ2v) is 12.7. The smallest absolute Gasteiger partial charge is 0.220 e. The summed E-state index contributed by atoms with van der Waals surface area (Å²) in [4.78, 5) is 12.5. The number of ether oxygens (including phenoxy) is 2. The largest absolute Gasteiger partial charge is 0.394 e. The lowest BCUT2D eigenvalue weighted by Crippen LogP contribution is -2.60. The SMILES string of the molecule is CCCCCCCCCCCCCCCCCC/C=C/C(O)C(COC1OC(CO)C(O)C(O)C1O)NC(=O)CCCCC. The Morgan fingerprint density at radius 1 is 0.750 bits per heavy atom. The van der Waals surface area contributed by atoms with Gasteiger partial charge in [-0.1, -0.05) is 135 Å². The average Bonchev–Trinajstić information content (AvgIpc) is 3.02. The number of carbonyl (C=O) groups excluding carboxylic acids is 1. The standard InChI is InChI=1S/C35H67NO8/c1-3-5-7-8-9-10-11-12-13-14-15-16-17-18-19-20-21-23-24-29(38)28(36-31(39)25-22-6-4-2)27-43-35-34(42)33(41)32(40)30(26-37)44-35/h23-24,28-30,32-35,37-38,40-42H,3-22,25-27H2,1-2H3,(H,36,39)/b24-23+. The number of carbonyl (C=O) groups is 1.